The van der Waals surface area contributed by atoms with Crippen LogP contribution in [0.5, 0.6) is 11.5 Å². The molecule has 1 amide bonds. The highest BCUT2D eigenvalue weighted by molar-refractivity contribution is 7.89. The minimum atomic E-state index is -3.91. The average molecular weight is 443 g/mol. The molecule has 0 aliphatic carbocycles. The Morgan fingerprint density at radius 3 is 2.41 bits per heavy atom. The van der Waals surface area contributed by atoms with Gasteiger partial charge in [0.15, 0.2) is 11.5 Å². The summed E-state index contributed by atoms with van der Waals surface area (Å²) < 4.78 is 37.2. The second-order valence-corrected chi connectivity index (χ2v) is 7.50. The van der Waals surface area contributed by atoms with Crippen molar-refractivity contribution < 1.29 is 22.7 Å². The predicted octanol–water partition coefficient (Wildman–Crippen LogP) is 1.00. The first kappa shape index (κ1) is 24.2. The zero-order chi connectivity index (χ0) is 20.7. The van der Waals surface area contributed by atoms with Gasteiger partial charge in [-0.15, -0.1) is 12.4 Å². The Morgan fingerprint density at radius 1 is 1.10 bits per heavy atom. The summed E-state index contributed by atoms with van der Waals surface area (Å²) in [5.74, 6) is 0.351. The Kier molecular flexibility index (Phi) is 8.89. The molecule has 2 aromatic rings. The van der Waals surface area contributed by atoms with Gasteiger partial charge in [-0.3, -0.25) is 10.2 Å². The van der Waals surface area contributed by atoms with Crippen LogP contribution in [0.15, 0.2) is 47.4 Å². The first-order valence-corrected chi connectivity index (χ1v) is 9.67. The van der Waals surface area contributed by atoms with Gasteiger partial charge in [-0.25, -0.2) is 13.1 Å². The fourth-order valence-corrected chi connectivity index (χ4v) is 3.36. The molecule has 0 spiro atoms. The quantitative estimate of drug-likeness (QED) is 0.337. The summed E-state index contributed by atoms with van der Waals surface area (Å²) in [5, 5.41) is 10.0. The SMILES string of the molecule is COc1ccc(CNC(=O)CNS(=O)(=O)c2cccc(C(=N)N)c2)cc1OC.Cl. The average Bonchev–Trinajstić information content (AvgIpc) is 2.70. The van der Waals surface area contributed by atoms with Gasteiger partial charge in [0.25, 0.3) is 0 Å². The molecule has 0 aliphatic rings. The third-order valence-corrected chi connectivity index (χ3v) is 5.21. The number of carbonyl (C=O) groups excluding carboxylic acids is 1. The molecule has 11 heteroatoms. The molecule has 158 valence electrons. The van der Waals surface area contributed by atoms with E-state index in [1.54, 1.807) is 18.2 Å². The molecule has 0 bridgehead atoms. The van der Waals surface area contributed by atoms with E-state index in [9.17, 15) is 13.2 Å². The van der Waals surface area contributed by atoms with Gasteiger partial charge in [-0.05, 0) is 29.8 Å². The number of sulfonamides is 1. The molecule has 0 heterocycles. The summed E-state index contributed by atoms with van der Waals surface area (Å²) in [7, 11) is -0.878. The lowest BCUT2D eigenvalue weighted by Crippen LogP contribution is -2.36. The zero-order valence-electron chi connectivity index (χ0n) is 15.9. The maximum absolute atomic E-state index is 12.3. The minimum absolute atomic E-state index is 0. The first-order chi connectivity index (χ1) is 13.3. The van der Waals surface area contributed by atoms with Crippen LogP contribution in [0, 0.1) is 5.41 Å². The number of rotatable bonds is 9. The molecule has 0 aromatic heterocycles. The number of nitrogen functional groups attached to an aromatic ring is 1. The molecular formula is C18H23ClN4O5S. The van der Waals surface area contributed by atoms with Crippen LogP contribution >= 0.6 is 12.4 Å². The Hall–Kier alpha value is -2.82. The standard InChI is InChI=1S/C18H22N4O5S.ClH/c1-26-15-7-6-12(8-16(15)27-2)10-21-17(23)11-22-28(24,25)14-5-3-4-13(9-14)18(19)20;/h3-9,22H,10-11H2,1-2H3,(H3,19,20)(H,21,23);1H. The lowest BCUT2D eigenvalue weighted by Gasteiger charge is -2.11. The number of amides is 1. The maximum atomic E-state index is 12.3. The van der Waals surface area contributed by atoms with E-state index < -0.39 is 22.5 Å². The summed E-state index contributed by atoms with van der Waals surface area (Å²) in [6.45, 7) is -0.235. The van der Waals surface area contributed by atoms with Crippen molar-refractivity contribution in [1.29, 1.82) is 5.41 Å². The summed E-state index contributed by atoms with van der Waals surface area (Å²) in [4.78, 5) is 11.9. The lowest BCUT2D eigenvalue weighted by molar-refractivity contribution is -0.120. The minimum Gasteiger partial charge on any atom is -0.493 e. The summed E-state index contributed by atoms with van der Waals surface area (Å²) >= 11 is 0. The fraction of sp³-hybridized carbons (Fsp3) is 0.222. The van der Waals surface area contributed by atoms with Crippen molar-refractivity contribution in [3.05, 3.63) is 53.6 Å². The zero-order valence-corrected chi connectivity index (χ0v) is 17.5. The lowest BCUT2D eigenvalue weighted by atomic mass is 10.2. The Morgan fingerprint density at radius 2 is 1.79 bits per heavy atom. The van der Waals surface area contributed by atoms with E-state index in [-0.39, 0.29) is 35.2 Å². The van der Waals surface area contributed by atoms with E-state index in [0.717, 1.165) is 5.56 Å². The second kappa shape index (κ2) is 10.6. The molecule has 0 radical (unpaired) electrons. The maximum Gasteiger partial charge on any atom is 0.241 e. The summed E-state index contributed by atoms with van der Waals surface area (Å²) in [6.07, 6.45) is 0. The molecule has 0 atom stereocenters. The smallest absolute Gasteiger partial charge is 0.241 e. The van der Waals surface area contributed by atoms with E-state index in [0.29, 0.717) is 11.5 Å². The van der Waals surface area contributed by atoms with Gasteiger partial charge in [0, 0.05) is 12.1 Å². The van der Waals surface area contributed by atoms with Crippen LogP contribution in [-0.4, -0.2) is 40.9 Å². The fourth-order valence-electron chi connectivity index (χ4n) is 2.33. The van der Waals surface area contributed by atoms with Crippen molar-refractivity contribution in [2.24, 2.45) is 5.73 Å². The highest BCUT2D eigenvalue weighted by Crippen LogP contribution is 2.27. The third kappa shape index (κ3) is 6.63. The van der Waals surface area contributed by atoms with E-state index in [2.05, 4.69) is 10.0 Å². The van der Waals surface area contributed by atoms with Gasteiger partial charge < -0.3 is 20.5 Å². The van der Waals surface area contributed by atoms with Gasteiger partial charge in [0.1, 0.15) is 5.84 Å². The number of hydrogen-bond donors (Lipinski definition) is 4. The first-order valence-electron chi connectivity index (χ1n) is 8.18. The van der Waals surface area contributed by atoms with Crippen molar-refractivity contribution in [2.45, 2.75) is 11.4 Å². The van der Waals surface area contributed by atoms with Crippen molar-refractivity contribution in [3.63, 3.8) is 0 Å². The number of amidine groups is 1. The van der Waals surface area contributed by atoms with E-state index >= 15 is 0 Å². The van der Waals surface area contributed by atoms with E-state index in [4.69, 9.17) is 20.6 Å². The van der Waals surface area contributed by atoms with Crippen LogP contribution in [0.4, 0.5) is 0 Å². The van der Waals surface area contributed by atoms with Crippen LogP contribution in [0.1, 0.15) is 11.1 Å². The topological polar surface area (TPSA) is 144 Å². The van der Waals surface area contributed by atoms with Crippen LogP contribution in [-0.2, 0) is 21.4 Å². The number of benzene rings is 2. The van der Waals surface area contributed by atoms with Crippen LogP contribution in [0.3, 0.4) is 0 Å². The van der Waals surface area contributed by atoms with Crippen LogP contribution < -0.4 is 25.2 Å². The molecule has 0 saturated carbocycles. The number of nitrogens with two attached hydrogens (primary N) is 1. The van der Waals surface area contributed by atoms with E-state index in [1.165, 1.54) is 38.5 Å². The van der Waals surface area contributed by atoms with Gasteiger partial charge in [-0.1, -0.05) is 18.2 Å². The molecular weight excluding hydrogens is 420 g/mol. The van der Waals surface area contributed by atoms with Crippen LogP contribution in [0.2, 0.25) is 0 Å². The Labute approximate surface area is 175 Å². The number of hydrogen-bond acceptors (Lipinski definition) is 6. The highest BCUT2D eigenvalue weighted by atomic mass is 35.5. The molecule has 0 saturated heterocycles. The van der Waals surface area contributed by atoms with Crippen LogP contribution in [0.25, 0.3) is 0 Å². The number of methoxy groups -OCH3 is 2. The monoisotopic (exact) mass is 442 g/mol. The van der Waals surface area contributed by atoms with Gasteiger partial charge >= 0.3 is 0 Å². The van der Waals surface area contributed by atoms with Gasteiger partial charge in [-0.2, -0.15) is 0 Å². The summed E-state index contributed by atoms with van der Waals surface area (Å²) in [6, 6.07) is 10.8. The van der Waals surface area contributed by atoms with E-state index in [1.807, 2.05) is 0 Å². The molecule has 2 rings (SSSR count). The molecule has 29 heavy (non-hydrogen) atoms. The molecule has 0 fully saturated rings. The van der Waals surface area contributed by atoms with Crippen molar-refractivity contribution in [3.8, 4) is 11.5 Å². The number of nitrogens with one attached hydrogen (secondary N) is 3. The molecule has 2 aromatic carbocycles. The Balaban J connectivity index is 0.00000420. The third-order valence-electron chi connectivity index (χ3n) is 3.82. The largest absolute Gasteiger partial charge is 0.493 e. The van der Waals surface area contributed by atoms with Crippen molar-refractivity contribution >= 4 is 34.2 Å². The molecule has 0 aliphatic heterocycles. The highest BCUT2D eigenvalue weighted by Gasteiger charge is 2.16. The van der Waals surface area contributed by atoms with Gasteiger partial charge in [0.2, 0.25) is 15.9 Å². The number of carbonyl (C=O) groups is 1. The molecule has 5 N–H and O–H groups in total. The Bertz CT molecular complexity index is 982. The number of halogens is 1. The normalized spacial score (nSPS) is 10.6. The molecule has 0 unspecified atom stereocenters. The predicted molar refractivity (Wildman–Crippen MR) is 111 cm³/mol. The van der Waals surface area contributed by atoms with Gasteiger partial charge in [0.05, 0.1) is 25.7 Å². The van der Waals surface area contributed by atoms with Crippen molar-refractivity contribution in [2.75, 3.05) is 20.8 Å². The van der Waals surface area contributed by atoms with Crippen molar-refractivity contribution in [1.82, 2.24) is 10.0 Å². The second-order valence-electron chi connectivity index (χ2n) is 5.73. The summed E-state index contributed by atoms with van der Waals surface area (Å²) in [5.41, 5.74) is 6.41. The number of ether oxygens (including phenoxy) is 2. The molecule has 9 nitrogen and oxygen atoms in total.